The molecule has 1 aliphatic rings. The summed E-state index contributed by atoms with van der Waals surface area (Å²) in [6, 6.07) is 11.8. The molecule has 142 valence electrons. The first-order chi connectivity index (χ1) is 12.9. The first-order valence-electron chi connectivity index (χ1n) is 9.13. The van der Waals surface area contributed by atoms with Crippen molar-refractivity contribution in [1.82, 2.24) is 19.6 Å². The Bertz CT molecular complexity index is 842. The number of likely N-dealkylation sites (tertiary alicyclic amines) is 1. The van der Waals surface area contributed by atoms with Crippen LogP contribution >= 0.6 is 0 Å². The summed E-state index contributed by atoms with van der Waals surface area (Å²) in [5.74, 6) is 0.925. The van der Waals surface area contributed by atoms with Crippen molar-refractivity contribution in [3.8, 4) is 6.07 Å². The van der Waals surface area contributed by atoms with Crippen molar-refractivity contribution < 1.29 is 4.79 Å². The third kappa shape index (κ3) is 3.96. The molecule has 1 amide bonds. The van der Waals surface area contributed by atoms with Crippen LogP contribution in [0.3, 0.4) is 0 Å². The highest BCUT2D eigenvalue weighted by atomic mass is 16.2. The Hall–Kier alpha value is -2.85. The van der Waals surface area contributed by atoms with Gasteiger partial charge in [0.05, 0.1) is 17.8 Å². The fourth-order valence-electron chi connectivity index (χ4n) is 3.66. The minimum absolute atomic E-state index is 0.0841. The predicted molar refractivity (Wildman–Crippen MR) is 104 cm³/mol. The minimum Gasteiger partial charge on any atom is -0.356 e. The number of rotatable bonds is 5. The molecule has 1 aromatic carbocycles. The number of hydrogen-bond donors (Lipinski definition) is 1. The highest BCUT2D eigenvalue weighted by molar-refractivity contribution is 5.89. The Labute approximate surface area is 160 Å². The number of aromatic nitrogens is 2. The Morgan fingerprint density at radius 2 is 2.00 bits per heavy atom. The fraction of sp³-hybridized carbons (Fsp3) is 0.450. The average Bonchev–Trinajstić information content (AvgIpc) is 3.07. The second-order valence-corrected chi connectivity index (χ2v) is 7.29. The molecule has 0 atom stereocenters. The monoisotopic (exact) mass is 366 g/mol. The lowest BCUT2D eigenvalue weighted by molar-refractivity contribution is -0.135. The number of hydrogen-bond acceptors (Lipinski definition) is 5. The van der Waals surface area contributed by atoms with E-state index < -0.39 is 5.54 Å². The highest BCUT2D eigenvalue weighted by Crippen LogP contribution is 2.29. The number of benzene rings is 1. The standard InChI is InChI=1S/C20H26N6O/c1-24(2)19(27)20(23-18-8-11-22-25(18)3)9-12-26(13-10-20)15-17-7-5-4-6-16(17)14-21/h4-8,11,23H,9-10,12-13,15H2,1-3H3. The van der Waals surface area contributed by atoms with Crippen LogP contribution in [-0.4, -0.2) is 58.2 Å². The van der Waals surface area contributed by atoms with E-state index in [0.29, 0.717) is 18.4 Å². The summed E-state index contributed by atoms with van der Waals surface area (Å²) in [6.45, 7) is 2.29. The van der Waals surface area contributed by atoms with E-state index in [0.717, 1.165) is 31.0 Å². The van der Waals surface area contributed by atoms with Gasteiger partial charge in [-0.1, -0.05) is 18.2 Å². The lowest BCUT2D eigenvalue weighted by Crippen LogP contribution is -2.58. The van der Waals surface area contributed by atoms with Crippen LogP contribution in [0.5, 0.6) is 0 Å². The summed E-state index contributed by atoms with van der Waals surface area (Å²) >= 11 is 0. The maximum absolute atomic E-state index is 13.0. The van der Waals surface area contributed by atoms with Crippen LogP contribution in [0.25, 0.3) is 0 Å². The first-order valence-corrected chi connectivity index (χ1v) is 9.13. The number of likely N-dealkylation sites (N-methyl/N-ethyl adjacent to an activating group) is 1. The molecule has 0 bridgehead atoms. The van der Waals surface area contributed by atoms with Crippen LogP contribution in [-0.2, 0) is 18.4 Å². The van der Waals surface area contributed by atoms with Gasteiger partial charge in [-0.2, -0.15) is 10.4 Å². The topological polar surface area (TPSA) is 77.2 Å². The van der Waals surface area contributed by atoms with Gasteiger partial charge in [0, 0.05) is 46.8 Å². The van der Waals surface area contributed by atoms with Crippen molar-refractivity contribution in [2.75, 3.05) is 32.5 Å². The summed E-state index contributed by atoms with van der Waals surface area (Å²) in [6.07, 6.45) is 3.12. The second-order valence-electron chi connectivity index (χ2n) is 7.29. The number of anilines is 1. The Morgan fingerprint density at radius 1 is 1.30 bits per heavy atom. The van der Waals surface area contributed by atoms with Gasteiger partial charge in [-0.3, -0.25) is 14.4 Å². The quantitative estimate of drug-likeness (QED) is 0.874. The average molecular weight is 366 g/mol. The Kier molecular flexibility index (Phi) is 5.47. The van der Waals surface area contributed by atoms with Crippen LogP contribution in [0, 0.1) is 11.3 Å². The number of aryl methyl sites for hydroxylation is 1. The Morgan fingerprint density at radius 3 is 2.59 bits per heavy atom. The number of carbonyl (C=O) groups excluding carboxylic acids is 1. The van der Waals surface area contributed by atoms with Gasteiger partial charge in [0.1, 0.15) is 11.4 Å². The largest absolute Gasteiger partial charge is 0.356 e. The molecular weight excluding hydrogens is 340 g/mol. The van der Waals surface area contributed by atoms with Crippen LogP contribution < -0.4 is 5.32 Å². The van der Waals surface area contributed by atoms with E-state index in [1.165, 1.54) is 0 Å². The van der Waals surface area contributed by atoms with Gasteiger partial charge in [-0.05, 0) is 24.5 Å². The van der Waals surface area contributed by atoms with Crippen LogP contribution in [0.4, 0.5) is 5.82 Å². The molecular formula is C20H26N6O. The van der Waals surface area contributed by atoms with Crippen LogP contribution in [0.15, 0.2) is 36.5 Å². The molecule has 0 saturated carbocycles. The molecule has 27 heavy (non-hydrogen) atoms. The molecule has 7 heteroatoms. The van der Waals surface area contributed by atoms with Crippen molar-refractivity contribution in [2.24, 2.45) is 7.05 Å². The van der Waals surface area contributed by atoms with E-state index in [-0.39, 0.29) is 5.91 Å². The smallest absolute Gasteiger partial charge is 0.247 e. The first kappa shape index (κ1) is 18.9. The molecule has 1 saturated heterocycles. The zero-order valence-electron chi connectivity index (χ0n) is 16.1. The van der Waals surface area contributed by atoms with Crippen LogP contribution in [0.2, 0.25) is 0 Å². The maximum atomic E-state index is 13.0. The van der Waals surface area contributed by atoms with E-state index in [9.17, 15) is 10.1 Å². The van der Waals surface area contributed by atoms with Crippen molar-refractivity contribution in [1.29, 1.82) is 5.26 Å². The summed E-state index contributed by atoms with van der Waals surface area (Å²) in [4.78, 5) is 17.0. The third-order valence-corrected chi connectivity index (χ3v) is 5.25. The van der Waals surface area contributed by atoms with Gasteiger partial charge in [0.25, 0.3) is 0 Å². The van der Waals surface area contributed by atoms with E-state index in [1.807, 2.05) is 37.4 Å². The molecule has 1 N–H and O–H groups in total. The van der Waals surface area contributed by atoms with Crippen molar-refractivity contribution in [3.63, 3.8) is 0 Å². The van der Waals surface area contributed by atoms with Gasteiger partial charge in [-0.25, -0.2) is 0 Å². The molecule has 2 heterocycles. The Balaban J connectivity index is 1.75. The third-order valence-electron chi connectivity index (χ3n) is 5.25. The SMILES string of the molecule is CN(C)C(=O)C1(Nc2ccnn2C)CCN(Cc2ccccc2C#N)CC1. The van der Waals surface area contributed by atoms with E-state index in [2.05, 4.69) is 21.4 Å². The van der Waals surface area contributed by atoms with E-state index in [4.69, 9.17) is 0 Å². The second kappa shape index (κ2) is 7.80. The lowest BCUT2D eigenvalue weighted by atomic mass is 9.85. The summed E-state index contributed by atoms with van der Waals surface area (Å²) in [5, 5.41) is 17.0. The van der Waals surface area contributed by atoms with Crippen molar-refractivity contribution in [3.05, 3.63) is 47.7 Å². The normalized spacial score (nSPS) is 16.5. The molecule has 2 aromatic rings. The van der Waals surface area contributed by atoms with Crippen LogP contribution in [0.1, 0.15) is 24.0 Å². The highest BCUT2D eigenvalue weighted by Gasteiger charge is 2.42. The van der Waals surface area contributed by atoms with E-state index in [1.54, 1.807) is 29.9 Å². The molecule has 1 fully saturated rings. The number of nitriles is 1. The molecule has 0 radical (unpaired) electrons. The van der Waals surface area contributed by atoms with Crippen molar-refractivity contribution >= 4 is 11.7 Å². The molecule has 3 rings (SSSR count). The van der Waals surface area contributed by atoms with Gasteiger partial charge >= 0.3 is 0 Å². The van der Waals surface area contributed by atoms with Gasteiger partial charge in [-0.15, -0.1) is 0 Å². The minimum atomic E-state index is -0.636. The summed E-state index contributed by atoms with van der Waals surface area (Å²) in [7, 11) is 5.46. The zero-order chi connectivity index (χ0) is 19.4. The molecule has 1 aliphatic heterocycles. The number of carbonyl (C=O) groups is 1. The number of piperidine rings is 1. The van der Waals surface area contributed by atoms with Gasteiger partial charge in [0.15, 0.2) is 0 Å². The van der Waals surface area contributed by atoms with Gasteiger partial charge < -0.3 is 10.2 Å². The number of nitrogens with zero attached hydrogens (tertiary/aromatic N) is 5. The molecule has 0 unspecified atom stereocenters. The molecule has 0 aliphatic carbocycles. The maximum Gasteiger partial charge on any atom is 0.247 e. The fourth-order valence-corrected chi connectivity index (χ4v) is 3.66. The summed E-state index contributed by atoms with van der Waals surface area (Å²) in [5.41, 5.74) is 1.11. The summed E-state index contributed by atoms with van der Waals surface area (Å²) < 4.78 is 1.75. The molecule has 0 spiro atoms. The van der Waals surface area contributed by atoms with Crippen molar-refractivity contribution in [2.45, 2.75) is 24.9 Å². The predicted octanol–water partition coefficient (Wildman–Crippen LogP) is 1.83. The number of amides is 1. The zero-order valence-corrected chi connectivity index (χ0v) is 16.1. The van der Waals surface area contributed by atoms with Gasteiger partial charge in [0.2, 0.25) is 5.91 Å². The molecule has 1 aromatic heterocycles. The van der Waals surface area contributed by atoms with E-state index >= 15 is 0 Å². The lowest BCUT2D eigenvalue weighted by Gasteiger charge is -2.42. The molecule has 7 nitrogen and oxygen atoms in total. The number of nitrogens with one attached hydrogen (secondary N) is 1.